The van der Waals surface area contributed by atoms with Crippen LogP contribution in [0.1, 0.15) is 5.56 Å². The maximum absolute atomic E-state index is 12.0. The van der Waals surface area contributed by atoms with Gasteiger partial charge in [-0.2, -0.15) is 5.26 Å². The van der Waals surface area contributed by atoms with Crippen LogP contribution < -0.4 is 5.32 Å². The van der Waals surface area contributed by atoms with Crippen molar-refractivity contribution in [1.29, 1.82) is 5.26 Å². The number of nitriles is 1. The van der Waals surface area contributed by atoms with E-state index >= 15 is 0 Å². The fraction of sp³-hybridized carbons (Fsp3) is 0.333. The van der Waals surface area contributed by atoms with Crippen molar-refractivity contribution in [1.82, 2.24) is 4.90 Å². The molecule has 0 unspecified atom stereocenters. The van der Waals surface area contributed by atoms with Gasteiger partial charge in [0.1, 0.15) is 11.6 Å². The molecule has 6 nitrogen and oxygen atoms in total. The summed E-state index contributed by atoms with van der Waals surface area (Å²) in [5.41, 5.74) is 1.58. The van der Waals surface area contributed by atoms with E-state index in [0.717, 1.165) is 5.56 Å². The van der Waals surface area contributed by atoms with Gasteiger partial charge in [0.2, 0.25) is 0 Å². The molecule has 0 radical (unpaired) electrons. The SMILES string of the molecule is Cc1ccc(NC(=O)/C(C#N)=C\N(CCO)CCO)cc1. The van der Waals surface area contributed by atoms with Crippen molar-refractivity contribution in [3.63, 3.8) is 0 Å². The Morgan fingerprint density at radius 1 is 1.29 bits per heavy atom. The first-order chi connectivity index (χ1) is 10.1. The number of carbonyl (C=O) groups is 1. The number of amides is 1. The molecule has 3 N–H and O–H groups in total. The summed E-state index contributed by atoms with van der Waals surface area (Å²) in [5, 5.41) is 29.5. The molecule has 0 saturated heterocycles. The highest BCUT2D eigenvalue weighted by atomic mass is 16.3. The van der Waals surface area contributed by atoms with Gasteiger partial charge < -0.3 is 20.4 Å². The van der Waals surface area contributed by atoms with Gasteiger partial charge in [-0.3, -0.25) is 4.79 Å². The number of rotatable bonds is 7. The molecule has 21 heavy (non-hydrogen) atoms. The molecule has 1 aromatic carbocycles. The Bertz CT molecular complexity index is 526. The molecule has 0 fully saturated rings. The Morgan fingerprint density at radius 3 is 2.33 bits per heavy atom. The van der Waals surface area contributed by atoms with Crippen molar-refractivity contribution in [3.8, 4) is 6.07 Å². The largest absolute Gasteiger partial charge is 0.395 e. The second kappa shape index (κ2) is 8.74. The van der Waals surface area contributed by atoms with Crippen LogP contribution in [0.5, 0.6) is 0 Å². The molecule has 0 aliphatic rings. The van der Waals surface area contributed by atoms with Crippen LogP contribution in [-0.2, 0) is 4.79 Å². The fourth-order valence-electron chi connectivity index (χ4n) is 1.65. The molecule has 6 heteroatoms. The highest BCUT2D eigenvalue weighted by Crippen LogP contribution is 2.10. The predicted octanol–water partition coefficient (Wildman–Crippen LogP) is 0.628. The van der Waals surface area contributed by atoms with Gasteiger partial charge in [-0.15, -0.1) is 0 Å². The zero-order chi connectivity index (χ0) is 15.7. The molecule has 0 aliphatic carbocycles. The lowest BCUT2D eigenvalue weighted by Gasteiger charge is -2.18. The van der Waals surface area contributed by atoms with Crippen molar-refractivity contribution in [2.24, 2.45) is 0 Å². The van der Waals surface area contributed by atoms with Crippen molar-refractivity contribution in [3.05, 3.63) is 41.6 Å². The van der Waals surface area contributed by atoms with E-state index in [-0.39, 0.29) is 31.9 Å². The number of benzene rings is 1. The van der Waals surface area contributed by atoms with Crippen molar-refractivity contribution in [2.45, 2.75) is 6.92 Å². The molecule has 1 aromatic rings. The van der Waals surface area contributed by atoms with Crippen LogP contribution in [0.3, 0.4) is 0 Å². The number of carbonyl (C=O) groups excluding carboxylic acids is 1. The van der Waals surface area contributed by atoms with Gasteiger partial charge >= 0.3 is 0 Å². The summed E-state index contributed by atoms with van der Waals surface area (Å²) in [5.74, 6) is -0.526. The topological polar surface area (TPSA) is 96.6 Å². The van der Waals surface area contributed by atoms with Crippen LogP contribution in [0, 0.1) is 18.3 Å². The van der Waals surface area contributed by atoms with E-state index in [0.29, 0.717) is 5.69 Å². The molecule has 0 spiro atoms. The lowest BCUT2D eigenvalue weighted by atomic mass is 10.2. The first kappa shape index (κ1) is 16.7. The summed E-state index contributed by atoms with van der Waals surface area (Å²) in [7, 11) is 0. The van der Waals surface area contributed by atoms with Gasteiger partial charge in [-0.25, -0.2) is 0 Å². The maximum Gasteiger partial charge on any atom is 0.267 e. The number of aliphatic hydroxyl groups is 2. The molecule has 0 saturated carbocycles. The Kier molecular flexibility index (Phi) is 6.95. The number of nitrogens with zero attached hydrogens (tertiary/aromatic N) is 2. The van der Waals surface area contributed by atoms with E-state index in [9.17, 15) is 4.79 Å². The normalized spacial score (nSPS) is 10.9. The third kappa shape index (κ3) is 5.65. The number of hydrogen-bond acceptors (Lipinski definition) is 5. The molecular formula is C15H19N3O3. The molecule has 0 aliphatic heterocycles. The van der Waals surface area contributed by atoms with E-state index in [2.05, 4.69) is 5.32 Å². The number of hydrogen-bond donors (Lipinski definition) is 3. The van der Waals surface area contributed by atoms with Gasteiger partial charge in [0.15, 0.2) is 0 Å². The molecular weight excluding hydrogens is 270 g/mol. The van der Waals surface area contributed by atoms with E-state index < -0.39 is 5.91 Å². The lowest BCUT2D eigenvalue weighted by Crippen LogP contribution is -2.26. The van der Waals surface area contributed by atoms with Crippen LogP contribution in [0.25, 0.3) is 0 Å². The smallest absolute Gasteiger partial charge is 0.267 e. The van der Waals surface area contributed by atoms with Crippen LogP contribution in [-0.4, -0.2) is 47.3 Å². The highest BCUT2D eigenvalue weighted by Gasteiger charge is 2.11. The third-order valence-corrected chi connectivity index (χ3v) is 2.76. The van der Waals surface area contributed by atoms with E-state index in [1.807, 2.05) is 25.1 Å². The first-order valence-electron chi connectivity index (χ1n) is 6.56. The van der Waals surface area contributed by atoms with Crippen LogP contribution in [0.2, 0.25) is 0 Å². The Balaban J connectivity index is 2.80. The minimum absolute atomic E-state index is 0.0857. The van der Waals surface area contributed by atoms with Crippen LogP contribution in [0.15, 0.2) is 36.0 Å². The molecule has 0 atom stereocenters. The first-order valence-corrected chi connectivity index (χ1v) is 6.56. The maximum atomic E-state index is 12.0. The quantitative estimate of drug-likeness (QED) is 0.505. The summed E-state index contributed by atoms with van der Waals surface area (Å²) >= 11 is 0. The second-order valence-corrected chi connectivity index (χ2v) is 4.46. The molecule has 1 amide bonds. The summed E-state index contributed by atoms with van der Waals surface area (Å²) in [6.07, 6.45) is 1.34. The van der Waals surface area contributed by atoms with Gasteiger partial charge in [0.25, 0.3) is 5.91 Å². The molecule has 112 valence electrons. The monoisotopic (exact) mass is 289 g/mol. The number of aliphatic hydroxyl groups excluding tert-OH is 2. The lowest BCUT2D eigenvalue weighted by molar-refractivity contribution is -0.112. The predicted molar refractivity (Wildman–Crippen MR) is 79.2 cm³/mol. The van der Waals surface area contributed by atoms with Crippen LogP contribution >= 0.6 is 0 Å². The Hall–Kier alpha value is -2.36. The van der Waals surface area contributed by atoms with E-state index in [1.54, 1.807) is 12.1 Å². The van der Waals surface area contributed by atoms with Gasteiger partial charge in [0.05, 0.1) is 13.2 Å². The van der Waals surface area contributed by atoms with Gasteiger partial charge in [0, 0.05) is 25.0 Å². The molecule has 0 heterocycles. The van der Waals surface area contributed by atoms with E-state index in [4.69, 9.17) is 15.5 Å². The zero-order valence-corrected chi connectivity index (χ0v) is 11.9. The van der Waals surface area contributed by atoms with E-state index in [1.165, 1.54) is 11.1 Å². The Morgan fingerprint density at radius 2 is 1.86 bits per heavy atom. The average Bonchev–Trinajstić information content (AvgIpc) is 2.47. The minimum Gasteiger partial charge on any atom is -0.395 e. The third-order valence-electron chi connectivity index (χ3n) is 2.76. The summed E-state index contributed by atoms with van der Waals surface area (Å²) in [6.45, 7) is 2.16. The van der Waals surface area contributed by atoms with Crippen molar-refractivity contribution in [2.75, 3.05) is 31.6 Å². The number of aryl methyl sites for hydroxylation is 1. The van der Waals surface area contributed by atoms with Crippen LogP contribution in [0.4, 0.5) is 5.69 Å². The summed E-state index contributed by atoms with van der Waals surface area (Å²) in [6, 6.07) is 9.04. The summed E-state index contributed by atoms with van der Waals surface area (Å²) in [4.78, 5) is 13.5. The molecule has 0 aromatic heterocycles. The molecule has 1 rings (SSSR count). The highest BCUT2D eigenvalue weighted by molar-refractivity contribution is 6.06. The van der Waals surface area contributed by atoms with Gasteiger partial charge in [-0.1, -0.05) is 17.7 Å². The summed E-state index contributed by atoms with van der Waals surface area (Å²) < 4.78 is 0. The molecule has 0 bridgehead atoms. The minimum atomic E-state index is -0.526. The van der Waals surface area contributed by atoms with Gasteiger partial charge in [-0.05, 0) is 19.1 Å². The number of nitrogens with one attached hydrogen (secondary N) is 1. The zero-order valence-electron chi connectivity index (χ0n) is 11.9. The van der Waals surface area contributed by atoms with Crippen molar-refractivity contribution >= 4 is 11.6 Å². The number of anilines is 1. The average molecular weight is 289 g/mol. The second-order valence-electron chi connectivity index (χ2n) is 4.46. The standard InChI is InChI=1S/C15H19N3O3/c1-12-2-4-14(5-3-12)17-15(21)13(10-16)11-18(6-8-19)7-9-20/h2-5,11,19-20H,6-9H2,1H3,(H,17,21)/b13-11-. The van der Waals surface area contributed by atoms with Crippen molar-refractivity contribution < 1.29 is 15.0 Å². The fourth-order valence-corrected chi connectivity index (χ4v) is 1.65. The Labute approximate surface area is 123 Å².